The molecule has 0 aromatic heterocycles. The number of nitrogens with two attached hydrogens (primary N) is 1. The highest BCUT2D eigenvalue weighted by molar-refractivity contribution is 9.10. The smallest absolute Gasteiger partial charge is 0.239 e. The van der Waals surface area contributed by atoms with Crippen molar-refractivity contribution in [1.82, 2.24) is 10.6 Å². The molecule has 2 rings (SSSR count). The van der Waals surface area contributed by atoms with Crippen molar-refractivity contribution in [2.75, 3.05) is 13.1 Å². The molecule has 1 saturated carbocycles. The molecule has 5 nitrogen and oxygen atoms in total. The largest absolute Gasteiger partial charge is 0.354 e. The number of rotatable bonds is 7. The van der Waals surface area contributed by atoms with Gasteiger partial charge in [-0.3, -0.25) is 9.59 Å². The second kappa shape index (κ2) is 8.12. The Balaban J connectivity index is 1.84. The van der Waals surface area contributed by atoms with E-state index in [0.29, 0.717) is 6.54 Å². The van der Waals surface area contributed by atoms with Gasteiger partial charge in [-0.2, -0.15) is 0 Å². The first-order valence-corrected chi connectivity index (χ1v) is 9.19. The normalized spacial score (nSPS) is 17.0. The van der Waals surface area contributed by atoms with E-state index in [0.717, 1.165) is 17.3 Å². The average molecular weight is 396 g/mol. The van der Waals surface area contributed by atoms with Gasteiger partial charge < -0.3 is 16.4 Å². The molecule has 1 aromatic carbocycles. The zero-order valence-electron chi connectivity index (χ0n) is 14.3. The predicted molar refractivity (Wildman–Crippen MR) is 98.5 cm³/mol. The first-order chi connectivity index (χ1) is 11.3. The summed E-state index contributed by atoms with van der Waals surface area (Å²) in [6.45, 7) is 4.32. The lowest BCUT2D eigenvalue weighted by atomic mass is 9.64. The summed E-state index contributed by atoms with van der Waals surface area (Å²) in [5.74, 6) is -0.419. The molecule has 2 amide bonds. The summed E-state index contributed by atoms with van der Waals surface area (Å²) in [5.41, 5.74) is 7.04. The van der Waals surface area contributed by atoms with Gasteiger partial charge in [0.15, 0.2) is 0 Å². The summed E-state index contributed by atoms with van der Waals surface area (Å²) in [4.78, 5) is 23.8. The first kappa shape index (κ1) is 18.9. The van der Waals surface area contributed by atoms with Gasteiger partial charge in [0.2, 0.25) is 11.8 Å². The number of hydrogen-bond acceptors (Lipinski definition) is 3. The average Bonchev–Trinajstić information content (AvgIpc) is 2.52. The minimum atomic E-state index is -0.585. The van der Waals surface area contributed by atoms with Crippen LogP contribution in [0.3, 0.4) is 0 Å². The van der Waals surface area contributed by atoms with Gasteiger partial charge in [-0.05, 0) is 36.5 Å². The summed E-state index contributed by atoms with van der Waals surface area (Å²) in [6, 6.07) is 7.70. The predicted octanol–water partition coefficient (Wildman–Crippen LogP) is 2.09. The lowest BCUT2D eigenvalue weighted by Crippen LogP contribution is -2.50. The van der Waals surface area contributed by atoms with E-state index < -0.39 is 6.04 Å². The first-order valence-electron chi connectivity index (χ1n) is 8.40. The molecule has 0 heterocycles. The fraction of sp³-hybridized carbons (Fsp3) is 0.556. The maximum atomic E-state index is 12.0. The van der Waals surface area contributed by atoms with Gasteiger partial charge in [0.1, 0.15) is 0 Å². The molecule has 1 atom stereocenters. The van der Waals surface area contributed by atoms with Gasteiger partial charge in [-0.1, -0.05) is 48.3 Å². The van der Waals surface area contributed by atoms with E-state index in [9.17, 15) is 9.59 Å². The maximum absolute atomic E-state index is 12.0. The van der Waals surface area contributed by atoms with Crippen molar-refractivity contribution < 1.29 is 9.59 Å². The van der Waals surface area contributed by atoms with Crippen molar-refractivity contribution in [3.8, 4) is 0 Å². The van der Waals surface area contributed by atoms with Crippen LogP contribution >= 0.6 is 15.9 Å². The van der Waals surface area contributed by atoms with E-state index in [-0.39, 0.29) is 29.7 Å². The molecule has 1 fully saturated rings. The van der Waals surface area contributed by atoms with E-state index in [1.165, 1.54) is 12.0 Å². The lowest BCUT2D eigenvalue weighted by molar-refractivity contribution is -0.127. The van der Waals surface area contributed by atoms with Crippen LogP contribution in [0.2, 0.25) is 0 Å². The van der Waals surface area contributed by atoms with Crippen LogP contribution in [0.15, 0.2) is 28.7 Å². The quantitative estimate of drug-likeness (QED) is 0.660. The van der Waals surface area contributed by atoms with Crippen molar-refractivity contribution in [3.63, 3.8) is 0 Å². The minimum absolute atomic E-state index is 0.0225. The Kier molecular flexibility index (Phi) is 6.40. The molecule has 0 spiro atoms. The van der Waals surface area contributed by atoms with E-state index in [4.69, 9.17) is 5.73 Å². The van der Waals surface area contributed by atoms with Crippen LogP contribution in [0.4, 0.5) is 0 Å². The number of carbonyl (C=O) groups excluding carboxylic acids is 2. The monoisotopic (exact) mass is 395 g/mol. The van der Waals surface area contributed by atoms with Crippen molar-refractivity contribution >= 4 is 27.7 Å². The Bertz CT molecular complexity index is 582. The number of amides is 2. The lowest BCUT2D eigenvalue weighted by Gasteiger charge is -2.42. The summed E-state index contributed by atoms with van der Waals surface area (Å²) in [6.07, 6.45) is 3.31. The molecule has 1 aliphatic rings. The van der Waals surface area contributed by atoms with Gasteiger partial charge in [-0.15, -0.1) is 0 Å². The van der Waals surface area contributed by atoms with Gasteiger partial charge >= 0.3 is 0 Å². The van der Waals surface area contributed by atoms with Crippen molar-refractivity contribution in [2.45, 2.75) is 44.6 Å². The van der Waals surface area contributed by atoms with Crippen molar-refractivity contribution in [2.24, 2.45) is 11.7 Å². The minimum Gasteiger partial charge on any atom is -0.354 e. The Labute approximate surface area is 151 Å². The fourth-order valence-electron chi connectivity index (χ4n) is 2.89. The SMILES string of the molecule is CC(C)[C@H](N)C(=O)NCC(=O)NCC1(c2ccc(Br)cc2)CCC1. The van der Waals surface area contributed by atoms with Gasteiger partial charge in [0.25, 0.3) is 0 Å². The number of benzene rings is 1. The highest BCUT2D eigenvalue weighted by Crippen LogP contribution is 2.43. The van der Waals surface area contributed by atoms with Crippen LogP contribution < -0.4 is 16.4 Å². The highest BCUT2D eigenvalue weighted by Gasteiger charge is 2.38. The summed E-state index contributed by atoms with van der Waals surface area (Å²) >= 11 is 3.45. The Morgan fingerprint density at radius 1 is 1.21 bits per heavy atom. The molecule has 6 heteroatoms. The molecule has 1 aliphatic carbocycles. The maximum Gasteiger partial charge on any atom is 0.239 e. The highest BCUT2D eigenvalue weighted by atomic mass is 79.9. The van der Waals surface area contributed by atoms with Crippen LogP contribution in [0, 0.1) is 5.92 Å². The molecule has 0 radical (unpaired) electrons. The van der Waals surface area contributed by atoms with Crippen LogP contribution in [0.1, 0.15) is 38.7 Å². The third-order valence-corrected chi connectivity index (χ3v) is 5.36. The molecule has 0 unspecified atom stereocenters. The van der Waals surface area contributed by atoms with Crippen molar-refractivity contribution in [1.29, 1.82) is 0 Å². The molecule has 0 bridgehead atoms. The molecule has 132 valence electrons. The van der Waals surface area contributed by atoms with E-state index >= 15 is 0 Å². The van der Waals surface area contributed by atoms with Crippen LogP contribution in [0.25, 0.3) is 0 Å². The molecule has 0 aliphatic heterocycles. The number of carbonyl (C=O) groups is 2. The van der Waals surface area contributed by atoms with Crippen LogP contribution in [0.5, 0.6) is 0 Å². The Hall–Kier alpha value is -1.40. The van der Waals surface area contributed by atoms with E-state index in [2.05, 4.69) is 38.7 Å². The molecule has 4 N–H and O–H groups in total. The summed E-state index contributed by atoms with van der Waals surface area (Å²) in [7, 11) is 0. The second-order valence-electron chi connectivity index (χ2n) is 6.91. The van der Waals surface area contributed by atoms with Crippen LogP contribution in [-0.4, -0.2) is 30.9 Å². The van der Waals surface area contributed by atoms with Crippen molar-refractivity contribution in [3.05, 3.63) is 34.3 Å². The molecular weight excluding hydrogens is 370 g/mol. The van der Waals surface area contributed by atoms with E-state index in [1.807, 2.05) is 26.0 Å². The van der Waals surface area contributed by atoms with Gasteiger partial charge in [0, 0.05) is 16.4 Å². The number of hydrogen-bond donors (Lipinski definition) is 3. The molecule has 0 saturated heterocycles. The number of halogens is 1. The summed E-state index contributed by atoms with van der Waals surface area (Å²) in [5, 5.41) is 5.56. The molecule has 1 aromatic rings. The standard InChI is InChI=1S/C18H26BrN3O2/c1-12(2)16(20)17(24)21-10-15(23)22-11-18(8-3-9-18)13-4-6-14(19)7-5-13/h4-7,12,16H,3,8-11,20H2,1-2H3,(H,21,24)(H,22,23)/t16-/m0/s1. The fourth-order valence-corrected chi connectivity index (χ4v) is 3.16. The number of nitrogens with one attached hydrogen (secondary N) is 2. The third-order valence-electron chi connectivity index (χ3n) is 4.84. The third kappa shape index (κ3) is 4.57. The zero-order chi connectivity index (χ0) is 17.7. The topological polar surface area (TPSA) is 84.2 Å². The Morgan fingerprint density at radius 3 is 2.33 bits per heavy atom. The Morgan fingerprint density at radius 2 is 1.83 bits per heavy atom. The zero-order valence-corrected chi connectivity index (χ0v) is 15.9. The molecular formula is C18H26BrN3O2. The summed E-state index contributed by atoms with van der Waals surface area (Å²) < 4.78 is 1.05. The van der Waals surface area contributed by atoms with E-state index in [1.54, 1.807) is 0 Å². The van der Waals surface area contributed by atoms with Gasteiger partial charge in [-0.25, -0.2) is 0 Å². The van der Waals surface area contributed by atoms with Crippen LogP contribution in [-0.2, 0) is 15.0 Å². The second-order valence-corrected chi connectivity index (χ2v) is 7.82. The van der Waals surface area contributed by atoms with Gasteiger partial charge in [0.05, 0.1) is 12.6 Å². The molecule has 24 heavy (non-hydrogen) atoms.